The van der Waals surface area contributed by atoms with E-state index < -0.39 is 0 Å². The number of thioether (sulfide) groups is 1. The fraction of sp³-hybridized carbons (Fsp3) is 0.500. The van der Waals surface area contributed by atoms with Crippen LogP contribution in [-0.2, 0) is 4.79 Å². The number of hydrazone groups is 1. The van der Waals surface area contributed by atoms with E-state index in [9.17, 15) is 4.79 Å². The lowest BCUT2D eigenvalue weighted by molar-refractivity contribution is -0.123. The molecule has 5 nitrogen and oxygen atoms in total. The van der Waals surface area contributed by atoms with Gasteiger partial charge in [-0.25, -0.2) is 0 Å². The van der Waals surface area contributed by atoms with E-state index in [0.717, 1.165) is 23.4 Å². The first kappa shape index (κ1) is 20.4. The summed E-state index contributed by atoms with van der Waals surface area (Å²) in [6, 6.07) is 10.1. The van der Waals surface area contributed by atoms with Gasteiger partial charge in [0.05, 0.1) is 17.5 Å². The standard InChI is InChI=1S/C20H30N4OS/c1-4-24(15(2)26-3)18(23-21)14-22-20(25)19(17-12-8-9-13-17)16-10-6-5-7-11-16/h5-7,10-11,17,19H,2,4,8-9,12-14,21H2,1,3H3,(H,22,25)/b23-18-. The summed E-state index contributed by atoms with van der Waals surface area (Å²) in [5.74, 6) is 6.54. The molecule has 0 radical (unpaired) electrons. The van der Waals surface area contributed by atoms with Gasteiger partial charge in [-0.15, -0.1) is 11.8 Å². The van der Waals surface area contributed by atoms with Crippen molar-refractivity contribution < 1.29 is 4.79 Å². The van der Waals surface area contributed by atoms with Crippen LogP contribution >= 0.6 is 11.8 Å². The molecule has 142 valence electrons. The van der Waals surface area contributed by atoms with Crippen molar-refractivity contribution in [2.75, 3.05) is 19.3 Å². The Morgan fingerprint density at radius 2 is 2.04 bits per heavy atom. The highest BCUT2D eigenvalue weighted by Crippen LogP contribution is 2.37. The van der Waals surface area contributed by atoms with Gasteiger partial charge in [0.25, 0.3) is 0 Å². The van der Waals surface area contributed by atoms with E-state index in [4.69, 9.17) is 5.84 Å². The van der Waals surface area contributed by atoms with Gasteiger partial charge >= 0.3 is 0 Å². The van der Waals surface area contributed by atoms with E-state index in [1.165, 1.54) is 12.8 Å². The molecule has 0 heterocycles. The first-order valence-electron chi connectivity index (χ1n) is 9.22. The van der Waals surface area contributed by atoms with E-state index in [-0.39, 0.29) is 11.8 Å². The molecule has 1 aliphatic rings. The molecule has 26 heavy (non-hydrogen) atoms. The molecule has 0 spiro atoms. The summed E-state index contributed by atoms with van der Waals surface area (Å²) in [4.78, 5) is 15.0. The van der Waals surface area contributed by atoms with Crippen LogP contribution in [0.1, 0.15) is 44.1 Å². The van der Waals surface area contributed by atoms with Gasteiger partial charge in [0.1, 0.15) is 5.84 Å². The average molecular weight is 375 g/mol. The Balaban J connectivity index is 2.10. The molecule has 2 rings (SSSR count). The maximum absolute atomic E-state index is 13.0. The summed E-state index contributed by atoms with van der Waals surface area (Å²) in [7, 11) is 0. The SMILES string of the molecule is C=C(SC)N(CC)/C(CNC(=O)C(c1ccccc1)C1CCCC1)=N\N. The van der Waals surface area contributed by atoms with Crippen molar-refractivity contribution in [1.29, 1.82) is 0 Å². The Kier molecular flexibility index (Phi) is 8.04. The van der Waals surface area contributed by atoms with Gasteiger partial charge in [0, 0.05) is 6.54 Å². The number of likely N-dealkylation sites (N-methyl/N-ethyl adjacent to an activating group) is 1. The Morgan fingerprint density at radius 1 is 1.38 bits per heavy atom. The largest absolute Gasteiger partial charge is 0.348 e. The van der Waals surface area contributed by atoms with Gasteiger partial charge in [-0.05, 0) is 37.5 Å². The van der Waals surface area contributed by atoms with Gasteiger partial charge in [-0.2, -0.15) is 5.10 Å². The van der Waals surface area contributed by atoms with E-state index in [1.54, 1.807) is 11.8 Å². The monoisotopic (exact) mass is 374 g/mol. The van der Waals surface area contributed by atoms with Gasteiger partial charge in [-0.3, -0.25) is 4.79 Å². The van der Waals surface area contributed by atoms with Crippen LogP contribution < -0.4 is 11.2 Å². The molecule has 1 fully saturated rings. The third-order valence-electron chi connectivity index (χ3n) is 5.05. The number of amides is 1. The Hall–Kier alpha value is -1.95. The fourth-order valence-corrected chi connectivity index (χ4v) is 4.14. The molecule has 6 heteroatoms. The third-order valence-corrected chi connectivity index (χ3v) is 5.74. The lowest BCUT2D eigenvalue weighted by Crippen LogP contribution is -2.42. The molecule has 0 aromatic heterocycles. The number of nitrogens with two attached hydrogens (primary N) is 1. The van der Waals surface area contributed by atoms with Crippen molar-refractivity contribution in [1.82, 2.24) is 10.2 Å². The topological polar surface area (TPSA) is 70.7 Å². The molecule has 1 aromatic rings. The van der Waals surface area contributed by atoms with Crippen LogP contribution in [0.15, 0.2) is 47.0 Å². The summed E-state index contributed by atoms with van der Waals surface area (Å²) in [5, 5.41) is 7.81. The highest BCUT2D eigenvalue weighted by atomic mass is 32.2. The zero-order valence-corrected chi connectivity index (χ0v) is 16.6. The molecular weight excluding hydrogens is 344 g/mol. The maximum Gasteiger partial charge on any atom is 0.228 e. The van der Waals surface area contributed by atoms with Crippen LogP contribution in [0.2, 0.25) is 0 Å². The number of amidine groups is 1. The number of carbonyl (C=O) groups excluding carboxylic acids is 1. The predicted molar refractivity (Wildman–Crippen MR) is 111 cm³/mol. The fourth-order valence-electron chi connectivity index (χ4n) is 3.69. The Morgan fingerprint density at radius 3 is 2.58 bits per heavy atom. The maximum atomic E-state index is 13.0. The number of hydrogen-bond acceptors (Lipinski definition) is 4. The van der Waals surface area contributed by atoms with Crippen LogP contribution in [0.3, 0.4) is 0 Å². The summed E-state index contributed by atoms with van der Waals surface area (Å²) >= 11 is 1.54. The predicted octanol–water partition coefficient (Wildman–Crippen LogP) is 3.50. The quantitative estimate of drug-likeness (QED) is 0.316. The third kappa shape index (κ3) is 5.04. The minimum Gasteiger partial charge on any atom is -0.348 e. The van der Waals surface area contributed by atoms with Crippen molar-refractivity contribution >= 4 is 23.5 Å². The second-order valence-corrected chi connectivity index (χ2v) is 7.42. The Labute approximate surface area is 161 Å². The van der Waals surface area contributed by atoms with E-state index in [0.29, 0.717) is 24.8 Å². The molecule has 0 aliphatic heterocycles. The molecule has 1 amide bonds. The number of carbonyl (C=O) groups is 1. The number of rotatable bonds is 8. The van der Waals surface area contributed by atoms with Crippen molar-refractivity contribution in [3.05, 3.63) is 47.5 Å². The highest BCUT2D eigenvalue weighted by molar-refractivity contribution is 8.02. The highest BCUT2D eigenvalue weighted by Gasteiger charge is 2.32. The van der Waals surface area contributed by atoms with Crippen molar-refractivity contribution in [2.45, 2.75) is 38.5 Å². The second-order valence-electron chi connectivity index (χ2n) is 6.54. The molecule has 1 unspecified atom stereocenters. The van der Waals surface area contributed by atoms with Gasteiger partial charge < -0.3 is 16.1 Å². The summed E-state index contributed by atoms with van der Waals surface area (Å²) in [6.07, 6.45) is 6.58. The minimum atomic E-state index is -0.114. The first-order valence-corrected chi connectivity index (χ1v) is 10.4. The normalized spacial score (nSPS) is 16.3. The summed E-state index contributed by atoms with van der Waals surface area (Å²) in [5.41, 5.74) is 1.09. The average Bonchev–Trinajstić information content (AvgIpc) is 3.19. The molecule has 0 saturated heterocycles. The minimum absolute atomic E-state index is 0.0510. The van der Waals surface area contributed by atoms with Gasteiger partial charge in [0.15, 0.2) is 0 Å². The molecule has 0 bridgehead atoms. The summed E-state index contributed by atoms with van der Waals surface area (Å²) in [6.45, 7) is 7.05. The number of benzene rings is 1. The first-order chi connectivity index (χ1) is 12.6. The van der Waals surface area contributed by atoms with E-state index >= 15 is 0 Å². The van der Waals surface area contributed by atoms with Crippen LogP contribution in [-0.4, -0.2) is 36.0 Å². The second kappa shape index (κ2) is 10.3. The van der Waals surface area contributed by atoms with E-state index in [1.807, 2.05) is 36.3 Å². The van der Waals surface area contributed by atoms with Gasteiger partial charge in [-0.1, -0.05) is 49.8 Å². The molecule has 1 aromatic carbocycles. The molecule has 1 saturated carbocycles. The van der Waals surface area contributed by atoms with Crippen molar-refractivity contribution in [3.63, 3.8) is 0 Å². The number of nitrogens with one attached hydrogen (secondary N) is 1. The summed E-state index contributed by atoms with van der Waals surface area (Å²) < 4.78 is 0. The van der Waals surface area contributed by atoms with Crippen LogP contribution in [0.5, 0.6) is 0 Å². The Bertz CT molecular complexity index is 626. The lowest BCUT2D eigenvalue weighted by atomic mass is 9.84. The zero-order valence-electron chi connectivity index (χ0n) is 15.8. The molecular formula is C20H30N4OS. The van der Waals surface area contributed by atoms with Crippen molar-refractivity contribution in [2.24, 2.45) is 16.9 Å². The number of nitrogens with zero attached hydrogens (tertiary/aromatic N) is 2. The van der Waals surface area contributed by atoms with Crippen LogP contribution in [0.25, 0.3) is 0 Å². The molecule has 3 N–H and O–H groups in total. The van der Waals surface area contributed by atoms with Gasteiger partial charge in [0.2, 0.25) is 5.91 Å². The molecule has 1 aliphatic carbocycles. The van der Waals surface area contributed by atoms with Crippen LogP contribution in [0.4, 0.5) is 0 Å². The van der Waals surface area contributed by atoms with Crippen LogP contribution in [0, 0.1) is 5.92 Å². The van der Waals surface area contributed by atoms with E-state index in [2.05, 4.69) is 29.1 Å². The number of hydrogen-bond donors (Lipinski definition) is 2. The zero-order chi connectivity index (χ0) is 18.9. The molecule has 1 atom stereocenters. The van der Waals surface area contributed by atoms with Crippen molar-refractivity contribution in [3.8, 4) is 0 Å². The lowest BCUT2D eigenvalue weighted by Gasteiger charge is -2.27. The smallest absolute Gasteiger partial charge is 0.228 e.